The van der Waals surface area contributed by atoms with Crippen molar-refractivity contribution in [3.63, 3.8) is 0 Å². The Bertz CT molecular complexity index is 480. The first-order valence-electron chi connectivity index (χ1n) is 7.09. The van der Waals surface area contributed by atoms with E-state index in [4.69, 9.17) is 15.6 Å². The maximum Gasteiger partial charge on any atom is 0.340 e. The SMILES string of the molecule is CCOC(=O)c1cc(N(C)CCCCCO)c(F)cc1N. The van der Waals surface area contributed by atoms with Gasteiger partial charge in [0, 0.05) is 25.9 Å². The van der Waals surface area contributed by atoms with Crippen LogP contribution in [0, 0.1) is 5.82 Å². The zero-order valence-corrected chi connectivity index (χ0v) is 12.6. The fraction of sp³-hybridized carbons (Fsp3) is 0.533. The summed E-state index contributed by atoms with van der Waals surface area (Å²) < 4.78 is 18.9. The lowest BCUT2D eigenvalue weighted by molar-refractivity contribution is 0.0527. The number of benzene rings is 1. The van der Waals surface area contributed by atoms with E-state index >= 15 is 0 Å². The summed E-state index contributed by atoms with van der Waals surface area (Å²) in [5.74, 6) is -1.02. The molecule has 0 heterocycles. The van der Waals surface area contributed by atoms with Crippen molar-refractivity contribution in [3.8, 4) is 0 Å². The van der Waals surface area contributed by atoms with Crippen molar-refractivity contribution in [3.05, 3.63) is 23.5 Å². The van der Waals surface area contributed by atoms with Crippen LogP contribution < -0.4 is 10.6 Å². The summed E-state index contributed by atoms with van der Waals surface area (Å²) in [7, 11) is 1.75. The Balaban J connectivity index is 2.85. The highest BCUT2D eigenvalue weighted by Crippen LogP contribution is 2.25. The van der Waals surface area contributed by atoms with Crippen LogP contribution in [-0.2, 0) is 4.74 Å². The van der Waals surface area contributed by atoms with Crippen LogP contribution in [0.25, 0.3) is 0 Å². The molecule has 0 spiro atoms. The average molecular weight is 298 g/mol. The molecule has 0 bridgehead atoms. The number of unbranched alkanes of at least 4 members (excludes halogenated alkanes) is 2. The van der Waals surface area contributed by atoms with Crippen molar-refractivity contribution in [2.75, 3.05) is 37.4 Å². The van der Waals surface area contributed by atoms with Crippen molar-refractivity contribution >= 4 is 17.3 Å². The normalized spacial score (nSPS) is 10.5. The predicted molar refractivity (Wildman–Crippen MR) is 81.0 cm³/mol. The molecule has 1 aromatic carbocycles. The van der Waals surface area contributed by atoms with Crippen LogP contribution in [-0.4, -0.2) is 37.9 Å². The molecule has 0 radical (unpaired) electrons. The summed E-state index contributed by atoms with van der Waals surface area (Å²) in [6, 6.07) is 2.57. The van der Waals surface area contributed by atoms with E-state index in [0.717, 1.165) is 25.3 Å². The minimum absolute atomic E-state index is 0.0726. The molecule has 0 atom stereocenters. The zero-order chi connectivity index (χ0) is 15.8. The second-order valence-corrected chi connectivity index (χ2v) is 4.82. The first-order valence-corrected chi connectivity index (χ1v) is 7.09. The highest BCUT2D eigenvalue weighted by Gasteiger charge is 2.17. The number of ether oxygens (including phenoxy) is 1. The Labute approximate surface area is 124 Å². The number of hydrogen-bond donors (Lipinski definition) is 2. The van der Waals surface area contributed by atoms with E-state index < -0.39 is 11.8 Å². The van der Waals surface area contributed by atoms with E-state index in [1.807, 2.05) is 0 Å². The summed E-state index contributed by atoms with van der Waals surface area (Å²) in [5, 5.41) is 8.73. The lowest BCUT2D eigenvalue weighted by Gasteiger charge is -2.21. The van der Waals surface area contributed by atoms with Crippen molar-refractivity contribution in [1.82, 2.24) is 0 Å². The molecule has 0 unspecified atom stereocenters. The Kier molecular flexibility index (Phi) is 6.94. The molecule has 0 aliphatic carbocycles. The molecule has 0 saturated heterocycles. The summed E-state index contributed by atoms with van der Waals surface area (Å²) >= 11 is 0. The first-order chi connectivity index (χ1) is 10.0. The van der Waals surface area contributed by atoms with Gasteiger partial charge in [0.25, 0.3) is 0 Å². The quantitative estimate of drug-likeness (QED) is 0.437. The highest BCUT2D eigenvalue weighted by molar-refractivity contribution is 5.96. The van der Waals surface area contributed by atoms with Crippen LogP contribution in [0.15, 0.2) is 12.1 Å². The van der Waals surface area contributed by atoms with E-state index in [2.05, 4.69) is 0 Å². The number of halogens is 1. The smallest absolute Gasteiger partial charge is 0.340 e. The van der Waals surface area contributed by atoms with Gasteiger partial charge in [0.15, 0.2) is 0 Å². The summed E-state index contributed by atoms with van der Waals surface area (Å²) in [4.78, 5) is 13.5. The van der Waals surface area contributed by atoms with Crippen molar-refractivity contribution in [2.24, 2.45) is 0 Å². The molecule has 0 aliphatic rings. The standard InChI is InChI=1S/C15H23FN2O3/c1-3-21-15(20)11-9-14(12(16)10-13(11)17)18(2)7-5-4-6-8-19/h9-10,19H,3-8,17H2,1-2H3. The molecule has 6 heteroatoms. The number of esters is 1. The Morgan fingerprint density at radius 1 is 1.38 bits per heavy atom. The van der Waals surface area contributed by atoms with Gasteiger partial charge in [-0.1, -0.05) is 0 Å². The van der Waals surface area contributed by atoms with E-state index in [-0.39, 0.29) is 24.5 Å². The van der Waals surface area contributed by atoms with Crippen LogP contribution >= 0.6 is 0 Å². The van der Waals surface area contributed by atoms with Gasteiger partial charge < -0.3 is 20.5 Å². The molecule has 21 heavy (non-hydrogen) atoms. The van der Waals surface area contributed by atoms with Gasteiger partial charge >= 0.3 is 5.97 Å². The maximum absolute atomic E-state index is 14.0. The summed E-state index contributed by atoms with van der Waals surface area (Å²) in [6.45, 7) is 2.73. The number of aliphatic hydroxyl groups excluding tert-OH is 1. The van der Waals surface area contributed by atoms with E-state index in [0.29, 0.717) is 12.2 Å². The lowest BCUT2D eigenvalue weighted by Crippen LogP contribution is -2.21. The molecule has 0 amide bonds. The molecule has 5 nitrogen and oxygen atoms in total. The van der Waals surface area contributed by atoms with Crippen LogP contribution in [0.1, 0.15) is 36.5 Å². The van der Waals surface area contributed by atoms with Crippen molar-refractivity contribution in [1.29, 1.82) is 0 Å². The number of aliphatic hydroxyl groups is 1. The van der Waals surface area contributed by atoms with E-state index in [1.165, 1.54) is 6.07 Å². The second-order valence-electron chi connectivity index (χ2n) is 4.82. The lowest BCUT2D eigenvalue weighted by atomic mass is 10.1. The fourth-order valence-electron chi connectivity index (χ4n) is 2.01. The number of nitrogen functional groups attached to an aromatic ring is 1. The minimum Gasteiger partial charge on any atom is -0.462 e. The van der Waals surface area contributed by atoms with Gasteiger partial charge in [-0.15, -0.1) is 0 Å². The number of rotatable bonds is 8. The highest BCUT2D eigenvalue weighted by atomic mass is 19.1. The zero-order valence-electron chi connectivity index (χ0n) is 12.6. The summed E-state index contributed by atoms with van der Waals surface area (Å²) in [5.41, 5.74) is 6.24. The van der Waals surface area contributed by atoms with Gasteiger partial charge in [0.05, 0.1) is 17.9 Å². The van der Waals surface area contributed by atoms with Crippen LogP contribution in [0.5, 0.6) is 0 Å². The average Bonchev–Trinajstić information content (AvgIpc) is 2.43. The van der Waals surface area contributed by atoms with Gasteiger partial charge in [-0.05, 0) is 38.3 Å². The topological polar surface area (TPSA) is 75.8 Å². The summed E-state index contributed by atoms with van der Waals surface area (Å²) in [6.07, 6.45) is 2.42. The second kappa shape index (κ2) is 8.46. The Hall–Kier alpha value is -1.82. The van der Waals surface area contributed by atoms with Gasteiger partial charge in [-0.3, -0.25) is 0 Å². The molecule has 0 fully saturated rings. The molecule has 0 aliphatic heterocycles. The number of anilines is 2. The van der Waals surface area contributed by atoms with Crippen molar-refractivity contribution < 1.29 is 19.0 Å². The molecular formula is C15H23FN2O3. The third kappa shape index (κ3) is 4.90. The number of carbonyl (C=O) groups is 1. The third-order valence-electron chi connectivity index (χ3n) is 3.18. The fourth-order valence-corrected chi connectivity index (χ4v) is 2.01. The minimum atomic E-state index is -0.551. The predicted octanol–water partition coefficient (Wildman–Crippen LogP) is 2.18. The molecule has 0 saturated carbocycles. The molecule has 118 valence electrons. The monoisotopic (exact) mass is 298 g/mol. The Morgan fingerprint density at radius 2 is 2.10 bits per heavy atom. The van der Waals surface area contributed by atoms with E-state index in [9.17, 15) is 9.18 Å². The molecule has 3 N–H and O–H groups in total. The van der Waals surface area contributed by atoms with Crippen molar-refractivity contribution in [2.45, 2.75) is 26.2 Å². The Morgan fingerprint density at radius 3 is 2.71 bits per heavy atom. The number of carbonyl (C=O) groups excluding carboxylic acids is 1. The maximum atomic E-state index is 14.0. The van der Waals surface area contributed by atoms with Gasteiger partial charge in [0.1, 0.15) is 5.82 Å². The van der Waals surface area contributed by atoms with E-state index in [1.54, 1.807) is 18.9 Å². The molecule has 1 rings (SSSR count). The largest absolute Gasteiger partial charge is 0.462 e. The van der Waals surface area contributed by atoms with Gasteiger partial charge in [-0.25, -0.2) is 9.18 Å². The van der Waals surface area contributed by atoms with Crippen LogP contribution in [0.3, 0.4) is 0 Å². The molecule has 1 aromatic rings. The number of hydrogen-bond acceptors (Lipinski definition) is 5. The van der Waals surface area contributed by atoms with Gasteiger partial charge in [-0.2, -0.15) is 0 Å². The van der Waals surface area contributed by atoms with Gasteiger partial charge in [0.2, 0.25) is 0 Å². The molecular weight excluding hydrogens is 275 g/mol. The first kappa shape index (κ1) is 17.2. The van der Waals surface area contributed by atoms with Crippen LogP contribution in [0.2, 0.25) is 0 Å². The van der Waals surface area contributed by atoms with Crippen LogP contribution in [0.4, 0.5) is 15.8 Å². The molecule has 0 aromatic heterocycles. The number of nitrogens with zero attached hydrogens (tertiary/aromatic N) is 1. The third-order valence-corrected chi connectivity index (χ3v) is 3.18. The number of nitrogens with two attached hydrogens (primary N) is 1.